The second-order valence-electron chi connectivity index (χ2n) is 5.71. The quantitative estimate of drug-likeness (QED) is 0.938. The van der Waals surface area contributed by atoms with Crippen LogP contribution in [0.3, 0.4) is 0 Å². The van der Waals surface area contributed by atoms with Crippen LogP contribution in [0, 0.1) is 0 Å². The van der Waals surface area contributed by atoms with Gasteiger partial charge in [-0.2, -0.15) is 0 Å². The maximum Gasteiger partial charge on any atom is 0.313 e. The number of carboxylic acid groups (broad SMARTS) is 1. The van der Waals surface area contributed by atoms with Crippen LogP contribution >= 0.6 is 0 Å². The van der Waals surface area contributed by atoms with Crippen LogP contribution in [0.5, 0.6) is 5.75 Å². The summed E-state index contributed by atoms with van der Waals surface area (Å²) in [6.45, 7) is 2.30. The molecule has 0 aliphatic carbocycles. The number of nitrogens with zero attached hydrogens (tertiary/aromatic N) is 1. The maximum absolute atomic E-state index is 12.8. The van der Waals surface area contributed by atoms with Gasteiger partial charge in [-0.3, -0.25) is 9.59 Å². The van der Waals surface area contributed by atoms with E-state index in [1.54, 1.807) is 48.4 Å². The van der Waals surface area contributed by atoms with Gasteiger partial charge in [0.05, 0.1) is 13.2 Å². The Morgan fingerprint density at radius 2 is 1.83 bits per heavy atom. The number of hydrogen-bond donors (Lipinski definition) is 1. The first kappa shape index (κ1) is 16.1. The average Bonchev–Trinajstić information content (AvgIpc) is 2.61. The Hall–Kier alpha value is -2.82. The first-order valence-electron chi connectivity index (χ1n) is 7.85. The molecule has 124 valence electrons. The topological polar surface area (TPSA) is 66.8 Å². The summed E-state index contributed by atoms with van der Waals surface area (Å²) in [6, 6.07) is 13.6. The average molecular weight is 325 g/mol. The van der Waals surface area contributed by atoms with Gasteiger partial charge in [0.2, 0.25) is 0 Å². The van der Waals surface area contributed by atoms with Crippen molar-refractivity contribution >= 4 is 11.9 Å². The molecule has 2 aromatic carbocycles. The van der Waals surface area contributed by atoms with E-state index in [-0.39, 0.29) is 5.91 Å². The van der Waals surface area contributed by atoms with Gasteiger partial charge in [-0.05, 0) is 36.2 Å². The number of hydrogen-bond acceptors (Lipinski definition) is 3. The zero-order valence-electron chi connectivity index (χ0n) is 13.6. The van der Waals surface area contributed by atoms with Crippen molar-refractivity contribution in [3.63, 3.8) is 0 Å². The number of rotatable bonds is 4. The van der Waals surface area contributed by atoms with Gasteiger partial charge in [0, 0.05) is 12.1 Å². The van der Waals surface area contributed by atoms with Crippen molar-refractivity contribution in [2.45, 2.75) is 18.9 Å². The summed E-state index contributed by atoms with van der Waals surface area (Å²) < 4.78 is 5.16. The summed E-state index contributed by atoms with van der Waals surface area (Å²) in [5.74, 6) is -1.18. The minimum Gasteiger partial charge on any atom is -0.497 e. The highest BCUT2D eigenvalue weighted by Crippen LogP contribution is 2.42. The van der Waals surface area contributed by atoms with Crippen LogP contribution in [-0.4, -0.2) is 35.5 Å². The highest BCUT2D eigenvalue weighted by atomic mass is 16.5. The minimum atomic E-state index is -0.936. The molecule has 5 heteroatoms. The first-order valence-corrected chi connectivity index (χ1v) is 7.85. The summed E-state index contributed by atoms with van der Waals surface area (Å²) in [6.07, 6.45) is 0. The molecule has 1 aliphatic rings. The highest BCUT2D eigenvalue weighted by Gasteiger charge is 2.43. The minimum absolute atomic E-state index is 0.133. The fraction of sp³-hybridized carbons (Fsp3) is 0.263. The van der Waals surface area contributed by atoms with Crippen molar-refractivity contribution < 1.29 is 19.4 Å². The zero-order valence-corrected chi connectivity index (χ0v) is 13.6. The summed E-state index contributed by atoms with van der Waals surface area (Å²) >= 11 is 0. The number of aliphatic carboxylic acids is 1. The molecule has 5 nitrogen and oxygen atoms in total. The van der Waals surface area contributed by atoms with Crippen LogP contribution in [0.2, 0.25) is 0 Å². The van der Waals surface area contributed by atoms with Gasteiger partial charge in [-0.1, -0.05) is 30.3 Å². The lowest BCUT2D eigenvalue weighted by Gasteiger charge is -2.40. The monoisotopic (exact) mass is 325 g/mol. The number of likely N-dealkylation sites (N-methyl/N-ethyl adjacent to an activating group) is 1. The van der Waals surface area contributed by atoms with Gasteiger partial charge in [0.25, 0.3) is 5.91 Å². The molecule has 0 saturated heterocycles. The van der Waals surface area contributed by atoms with E-state index in [9.17, 15) is 14.7 Å². The van der Waals surface area contributed by atoms with E-state index >= 15 is 0 Å². The molecule has 1 heterocycles. The molecule has 0 radical (unpaired) electrons. The Bertz CT molecular complexity index is 769. The van der Waals surface area contributed by atoms with Crippen molar-refractivity contribution in [1.29, 1.82) is 0 Å². The van der Waals surface area contributed by atoms with E-state index in [0.29, 0.717) is 23.4 Å². The summed E-state index contributed by atoms with van der Waals surface area (Å²) in [4.78, 5) is 26.5. The molecule has 0 aromatic heterocycles. The van der Waals surface area contributed by atoms with Crippen molar-refractivity contribution in [3.8, 4) is 5.75 Å². The molecule has 0 spiro atoms. The Morgan fingerprint density at radius 1 is 1.17 bits per heavy atom. The third-order valence-corrected chi connectivity index (χ3v) is 4.50. The lowest BCUT2D eigenvalue weighted by Crippen LogP contribution is -2.44. The SMILES string of the molecule is CCN1C(=O)c2ccccc2C(C(=O)O)C1c1ccc(OC)cc1. The lowest BCUT2D eigenvalue weighted by atomic mass is 9.80. The number of carbonyl (C=O) groups excluding carboxylic acids is 1. The Labute approximate surface area is 140 Å². The van der Waals surface area contributed by atoms with E-state index in [1.807, 2.05) is 19.1 Å². The predicted molar refractivity (Wildman–Crippen MR) is 89.3 cm³/mol. The van der Waals surface area contributed by atoms with Crippen LogP contribution in [0.25, 0.3) is 0 Å². The van der Waals surface area contributed by atoms with E-state index in [2.05, 4.69) is 0 Å². The largest absolute Gasteiger partial charge is 0.497 e. The smallest absolute Gasteiger partial charge is 0.313 e. The number of fused-ring (bicyclic) bond motifs is 1. The molecule has 24 heavy (non-hydrogen) atoms. The number of benzene rings is 2. The summed E-state index contributed by atoms with van der Waals surface area (Å²) in [5, 5.41) is 9.85. The fourth-order valence-electron chi connectivity index (χ4n) is 3.38. The molecular formula is C19H19NO4. The van der Waals surface area contributed by atoms with Crippen molar-refractivity contribution in [3.05, 3.63) is 65.2 Å². The number of methoxy groups -OCH3 is 1. The second kappa shape index (κ2) is 6.35. The van der Waals surface area contributed by atoms with Crippen LogP contribution < -0.4 is 4.74 Å². The molecule has 3 rings (SSSR count). The second-order valence-corrected chi connectivity index (χ2v) is 5.71. The molecule has 0 bridgehead atoms. The molecule has 1 amide bonds. The van der Waals surface area contributed by atoms with Gasteiger partial charge in [0.1, 0.15) is 11.7 Å². The third kappa shape index (κ3) is 2.52. The number of carbonyl (C=O) groups is 2. The van der Waals surface area contributed by atoms with Crippen molar-refractivity contribution in [1.82, 2.24) is 4.90 Å². The number of ether oxygens (including phenoxy) is 1. The van der Waals surface area contributed by atoms with Crippen LogP contribution in [-0.2, 0) is 4.79 Å². The molecule has 1 N–H and O–H groups in total. The standard InChI is InChI=1S/C19H19NO4/c1-3-20-17(12-8-10-13(24-2)11-9-12)16(19(22)23)14-6-4-5-7-15(14)18(20)21/h4-11,16-17H,3H2,1-2H3,(H,22,23). The van der Waals surface area contributed by atoms with E-state index in [1.165, 1.54) is 0 Å². The summed E-state index contributed by atoms with van der Waals surface area (Å²) in [7, 11) is 1.58. The Balaban J connectivity index is 2.17. The molecule has 2 aromatic rings. The molecule has 1 aliphatic heterocycles. The predicted octanol–water partition coefficient (Wildman–Crippen LogP) is 3.08. The van der Waals surface area contributed by atoms with Gasteiger partial charge in [0.15, 0.2) is 0 Å². The zero-order chi connectivity index (χ0) is 17.3. The van der Waals surface area contributed by atoms with E-state index < -0.39 is 17.9 Å². The molecule has 2 unspecified atom stereocenters. The third-order valence-electron chi connectivity index (χ3n) is 4.50. The maximum atomic E-state index is 12.8. The van der Waals surface area contributed by atoms with Crippen molar-refractivity contribution in [2.75, 3.05) is 13.7 Å². The van der Waals surface area contributed by atoms with Crippen molar-refractivity contribution in [2.24, 2.45) is 0 Å². The molecule has 0 fully saturated rings. The lowest BCUT2D eigenvalue weighted by molar-refractivity contribution is -0.140. The van der Waals surface area contributed by atoms with Gasteiger partial charge < -0.3 is 14.7 Å². The number of carboxylic acids is 1. The van der Waals surface area contributed by atoms with Crippen LogP contribution in [0.1, 0.15) is 40.4 Å². The van der Waals surface area contributed by atoms with Crippen LogP contribution in [0.15, 0.2) is 48.5 Å². The van der Waals surface area contributed by atoms with E-state index in [0.717, 1.165) is 5.56 Å². The molecule has 2 atom stereocenters. The Kier molecular flexibility index (Phi) is 4.25. The Morgan fingerprint density at radius 3 is 2.42 bits per heavy atom. The highest BCUT2D eigenvalue weighted by molar-refractivity contribution is 6.00. The van der Waals surface area contributed by atoms with E-state index in [4.69, 9.17) is 4.74 Å². The molecular weight excluding hydrogens is 306 g/mol. The number of amides is 1. The summed E-state index contributed by atoms with van der Waals surface area (Å²) in [5.41, 5.74) is 1.82. The van der Waals surface area contributed by atoms with Gasteiger partial charge in [-0.15, -0.1) is 0 Å². The fourth-order valence-corrected chi connectivity index (χ4v) is 3.38. The van der Waals surface area contributed by atoms with Crippen LogP contribution in [0.4, 0.5) is 0 Å². The first-order chi connectivity index (χ1) is 11.6. The van der Waals surface area contributed by atoms with Gasteiger partial charge in [-0.25, -0.2) is 0 Å². The molecule has 0 saturated carbocycles. The normalized spacial score (nSPS) is 19.8. The van der Waals surface area contributed by atoms with Gasteiger partial charge >= 0.3 is 5.97 Å².